The van der Waals surface area contributed by atoms with Gasteiger partial charge in [-0.2, -0.15) is 0 Å². The van der Waals surface area contributed by atoms with Crippen molar-refractivity contribution in [2.45, 2.75) is 13.0 Å². The number of nitrogens with two attached hydrogens (primary N) is 1. The maximum Gasteiger partial charge on any atom is 0.267 e. The van der Waals surface area contributed by atoms with Crippen molar-refractivity contribution >= 4 is 19.2 Å². The van der Waals surface area contributed by atoms with E-state index in [0.29, 0.717) is 18.7 Å². The molecule has 1 amide bonds. The highest BCUT2D eigenvalue weighted by atomic mass is 16.5. The standard InChI is InChI=1S/C9H9BN2O2/c10-6-3-7(9(11)13)12-8-4-14-2-1-5(6)8/h3H,1-2,4H2,(H2,11,13). The number of primary amides is 1. The molecule has 0 saturated carbocycles. The Morgan fingerprint density at radius 1 is 1.64 bits per heavy atom. The third-order valence-electron chi connectivity index (χ3n) is 2.23. The SMILES string of the molecule is [B]c1cc(C(N)=O)nc2c1CCOC2. The summed E-state index contributed by atoms with van der Waals surface area (Å²) >= 11 is 0. The Labute approximate surface area is 82.9 Å². The first kappa shape index (κ1) is 9.21. The van der Waals surface area contributed by atoms with Crippen LogP contribution in [-0.2, 0) is 17.8 Å². The zero-order valence-electron chi connectivity index (χ0n) is 7.62. The van der Waals surface area contributed by atoms with Crippen LogP contribution in [0.4, 0.5) is 0 Å². The predicted octanol–water partition coefficient (Wildman–Crippen LogP) is -0.953. The second-order valence-electron chi connectivity index (χ2n) is 3.19. The molecule has 2 rings (SSSR count). The summed E-state index contributed by atoms with van der Waals surface area (Å²) in [6, 6.07) is 1.52. The van der Waals surface area contributed by atoms with Crippen molar-refractivity contribution in [2.24, 2.45) is 5.73 Å². The third kappa shape index (κ3) is 1.51. The number of amides is 1. The predicted molar refractivity (Wildman–Crippen MR) is 51.5 cm³/mol. The second-order valence-corrected chi connectivity index (χ2v) is 3.19. The van der Waals surface area contributed by atoms with Gasteiger partial charge < -0.3 is 10.5 Å². The summed E-state index contributed by atoms with van der Waals surface area (Å²) in [4.78, 5) is 15.0. The van der Waals surface area contributed by atoms with Gasteiger partial charge in [-0.1, -0.05) is 5.46 Å². The number of aromatic nitrogens is 1. The molecule has 1 aromatic heterocycles. The van der Waals surface area contributed by atoms with Crippen LogP contribution in [0.2, 0.25) is 0 Å². The fourth-order valence-corrected chi connectivity index (χ4v) is 1.52. The van der Waals surface area contributed by atoms with E-state index < -0.39 is 5.91 Å². The first-order chi connectivity index (χ1) is 6.68. The zero-order valence-corrected chi connectivity index (χ0v) is 7.62. The summed E-state index contributed by atoms with van der Waals surface area (Å²) in [6.45, 7) is 1.05. The van der Waals surface area contributed by atoms with Gasteiger partial charge in [0.1, 0.15) is 13.5 Å². The molecule has 0 fully saturated rings. The molecular formula is C9H9BN2O2. The Hall–Kier alpha value is -1.36. The van der Waals surface area contributed by atoms with Gasteiger partial charge in [0.05, 0.1) is 18.9 Å². The van der Waals surface area contributed by atoms with Crippen LogP contribution in [0.1, 0.15) is 21.7 Å². The minimum absolute atomic E-state index is 0.201. The average molecular weight is 188 g/mol. The van der Waals surface area contributed by atoms with Gasteiger partial charge in [-0.25, -0.2) is 4.98 Å². The number of carbonyl (C=O) groups is 1. The van der Waals surface area contributed by atoms with Gasteiger partial charge in [-0.3, -0.25) is 4.79 Å². The van der Waals surface area contributed by atoms with Crippen molar-refractivity contribution < 1.29 is 9.53 Å². The highest BCUT2D eigenvalue weighted by Crippen LogP contribution is 2.12. The molecule has 4 nitrogen and oxygen atoms in total. The number of rotatable bonds is 1. The minimum Gasteiger partial charge on any atom is -0.375 e. The van der Waals surface area contributed by atoms with Gasteiger partial charge in [0.2, 0.25) is 0 Å². The summed E-state index contributed by atoms with van der Waals surface area (Å²) < 4.78 is 5.22. The van der Waals surface area contributed by atoms with Gasteiger partial charge in [0.15, 0.2) is 0 Å². The van der Waals surface area contributed by atoms with Gasteiger partial charge >= 0.3 is 0 Å². The van der Waals surface area contributed by atoms with E-state index in [1.165, 1.54) is 6.07 Å². The number of fused-ring (bicyclic) bond motifs is 1. The molecule has 2 radical (unpaired) electrons. The van der Waals surface area contributed by atoms with E-state index in [0.717, 1.165) is 17.7 Å². The molecule has 1 aliphatic heterocycles. The van der Waals surface area contributed by atoms with Crippen LogP contribution in [0.15, 0.2) is 6.07 Å². The van der Waals surface area contributed by atoms with Crippen molar-refractivity contribution in [3.8, 4) is 0 Å². The Morgan fingerprint density at radius 2 is 2.43 bits per heavy atom. The lowest BCUT2D eigenvalue weighted by Crippen LogP contribution is -2.26. The van der Waals surface area contributed by atoms with Crippen molar-refractivity contribution in [3.05, 3.63) is 23.0 Å². The Bertz CT molecular complexity index is 393. The first-order valence-corrected chi connectivity index (χ1v) is 4.34. The lowest BCUT2D eigenvalue weighted by atomic mass is 9.87. The summed E-state index contributed by atoms with van der Waals surface area (Å²) in [5.41, 5.74) is 7.59. The highest BCUT2D eigenvalue weighted by molar-refractivity contribution is 6.33. The molecule has 14 heavy (non-hydrogen) atoms. The summed E-state index contributed by atoms with van der Waals surface area (Å²) in [6.07, 6.45) is 0.743. The maximum absolute atomic E-state index is 10.9. The molecular weight excluding hydrogens is 179 g/mol. The van der Waals surface area contributed by atoms with E-state index in [-0.39, 0.29) is 5.69 Å². The normalized spacial score (nSPS) is 14.9. The molecule has 0 saturated heterocycles. The van der Waals surface area contributed by atoms with Crippen molar-refractivity contribution in [1.29, 1.82) is 0 Å². The van der Waals surface area contributed by atoms with Crippen LogP contribution in [0.3, 0.4) is 0 Å². The van der Waals surface area contributed by atoms with E-state index in [2.05, 4.69) is 4.98 Å². The molecule has 1 aromatic rings. The molecule has 0 atom stereocenters. The molecule has 0 bridgehead atoms. The fraction of sp³-hybridized carbons (Fsp3) is 0.333. The molecule has 2 N–H and O–H groups in total. The van der Waals surface area contributed by atoms with Crippen molar-refractivity contribution in [3.63, 3.8) is 0 Å². The maximum atomic E-state index is 10.9. The van der Waals surface area contributed by atoms with Gasteiger partial charge in [-0.15, -0.1) is 0 Å². The molecule has 0 spiro atoms. The van der Waals surface area contributed by atoms with Gasteiger partial charge in [0, 0.05) is 0 Å². The van der Waals surface area contributed by atoms with E-state index in [9.17, 15) is 4.79 Å². The lowest BCUT2D eigenvalue weighted by Gasteiger charge is -2.18. The van der Waals surface area contributed by atoms with Gasteiger partial charge in [-0.05, 0) is 18.1 Å². The number of hydrogen-bond donors (Lipinski definition) is 1. The molecule has 0 unspecified atom stereocenters. The second kappa shape index (κ2) is 3.42. The topological polar surface area (TPSA) is 65.2 Å². The molecule has 5 heteroatoms. The molecule has 2 heterocycles. The summed E-state index contributed by atoms with van der Waals surface area (Å²) in [7, 11) is 5.78. The minimum atomic E-state index is -0.565. The summed E-state index contributed by atoms with van der Waals surface area (Å²) in [5, 5.41) is 0. The van der Waals surface area contributed by atoms with Crippen LogP contribution in [0.5, 0.6) is 0 Å². The van der Waals surface area contributed by atoms with Crippen molar-refractivity contribution in [2.75, 3.05) is 6.61 Å². The van der Waals surface area contributed by atoms with E-state index in [1.54, 1.807) is 0 Å². The molecule has 70 valence electrons. The van der Waals surface area contributed by atoms with Crippen LogP contribution in [0, 0.1) is 0 Å². The van der Waals surface area contributed by atoms with E-state index in [1.807, 2.05) is 0 Å². The number of carbonyl (C=O) groups excluding carboxylic acids is 1. The highest BCUT2D eigenvalue weighted by Gasteiger charge is 2.15. The Morgan fingerprint density at radius 3 is 3.14 bits per heavy atom. The van der Waals surface area contributed by atoms with E-state index in [4.69, 9.17) is 18.3 Å². The lowest BCUT2D eigenvalue weighted by molar-refractivity contribution is 0.0985. The third-order valence-corrected chi connectivity index (χ3v) is 2.23. The first-order valence-electron chi connectivity index (χ1n) is 4.34. The number of pyridine rings is 1. The van der Waals surface area contributed by atoms with Crippen molar-refractivity contribution in [1.82, 2.24) is 4.98 Å². The number of hydrogen-bond acceptors (Lipinski definition) is 3. The number of nitrogens with zero attached hydrogens (tertiary/aromatic N) is 1. The van der Waals surface area contributed by atoms with Gasteiger partial charge in [0.25, 0.3) is 5.91 Å². The smallest absolute Gasteiger partial charge is 0.267 e. The molecule has 1 aliphatic rings. The zero-order chi connectivity index (χ0) is 10.1. The summed E-state index contributed by atoms with van der Waals surface area (Å²) in [5.74, 6) is -0.565. The monoisotopic (exact) mass is 188 g/mol. The fourth-order valence-electron chi connectivity index (χ4n) is 1.52. The van der Waals surface area contributed by atoms with Crippen LogP contribution in [-0.4, -0.2) is 25.3 Å². The van der Waals surface area contributed by atoms with Crippen LogP contribution in [0.25, 0.3) is 0 Å². The average Bonchev–Trinajstić information content (AvgIpc) is 2.17. The molecule has 0 aliphatic carbocycles. The quantitative estimate of drug-likeness (QED) is 0.577. The Kier molecular flexibility index (Phi) is 2.25. The van der Waals surface area contributed by atoms with Crippen LogP contribution < -0.4 is 11.2 Å². The largest absolute Gasteiger partial charge is 0.375 e. The van der Waals surface area contributed by atoms with E-state index >= 15 is 0 Å². The number of ether oxygens (including phenoxy) is 1. The van der Waals surface area contributed by atoms with Crippen LogP contribution >= 0.6 is 0 Å². The molecule has 0 aromatic carbocycles. The Balaban J connectivity index is 2.51.